The molecular weight excluding hydrogens is 303 g/mol. The second-order valence-electron chi connectivity index (χ2n) is 6.24. The van der Waals surface area contributed by atoms with E-state index in [9.17, 15) is 0 Å². The molecule has 1 rings (SSSR count). The van der Waals surface area contributed by atoms with Crippen LogP contribution in [0.3, 0.4) is 0 Å². The topological polar surface area (TPSA) is 31.5 Å². The molecule has 0 aliphatic heterocycles. The summed E-state index contributed by atoms with van der Waals surface area (Å²) in [5, 5.41) is 0. The Morgan fingerprint density at radius 3 is 1.44 bits per heavy atom. The summed E-state index contributed by atoms with van der Waals surface area (Å²) < 4.78 is 2.66. The molecule has 2 heteroatoms. The van der Waals surface area contributed by atoms with Crippen molar-refractivity contribution >= 4 is 23.3 Å². The quantitative estimate of drug-likeness (QED) is 0.710. The molecular formula is C14H25OSn. The first-order chi connectivity index (χ1) is 6.73. The van der Waals surface area contributed by atoms with E-state index in [4.69, 9.17) is 0 Å². The van der Waals surface area contributed by atoms with Crippen molar-refractivity contribution in [3.63, 3.8) is 0 Å². The van der Waals surface area contributed by atoms with Gasteiger partial charge in [0.25, 0.3) is 0 Å². The van der Waals surface area contributed by atoms with E-state index in [1.54, 1.807) is 3.58 Å². The van der Waals surface area contributed by atoms with Crippen LogP contribution in [0.5, 0.6) is 0 Å². The molecule has 0 aliphatic carbocycles. The molecule has 0 saturated carbocycles. The molecule has 16 heavy (non-hydrogen) atoms. The van der Waals surface area contributed by atoms with Crippen LogP contribution in [0, 0.1) is 0 Å². The first-order valence-electron chi connectivity index (χ1n) is 5.66. The third kappa shape index (κ3) is 4.10. The van der Waals surface area contributed by atoms with Gasteiger partial charge < -0.3 is 5.48 Å². The second-order valence-corrected chi connectivity index (χ2v) is 18.6. The first-order valence-corrected chi connectivity index (χ1v) is 9.94. The van der Waals surface area contributed by atoms with Gasteiger partial charge in [0, 0.05) is 0 Å². The summed E-state index contributed by atoms with van der Waals surface area (Å²) in [6.07, 6.45) is 0. The molecule has 0 heterocycles. The molecule has 0 spiro atoms. The fourth-order valence-corrected chi connectivity index (χ4v) is 15.5. The third-order valence-electron chi connectivity index (χ3n) is 2.56. The zero-order chi connectivity index (χ0) is 11.7. The van der Waals surface area contributed by atoms with Crippen LogP contribution in [0.4, 0.5) is 0 Å². The van der Waals surface area contributed by atoms with Gasteiger partial charge in [-0.05, 0) is 0 Å². The van der Waals surface area contributed by atoms with Crippen LogP contribution in [-0.2, 0) is 0 Å². The molecule has 91 valence electrons. The molecule has 0 atom stereocenters. The summed E-state index contributed by atoms with van der Waals surface area (Å²) in [5.41, 5.74) is 0. The summed E-state index contributed by atoms with van der Waals surface area (Å²) in [6.45, 7) is 14.5. The third-order valence-corrected chi connectivity index (χ3v) is 13.7. The minimum atomic E-state index is -1.62. The van der Waals surface area contributed by atoms with E-state index >= 15 is 0 Å². The Kier molecular flexibility index (Phi) is 5.54. The van der Waals surface area contributed by atoms with Crippen LogP contribution in [0.1, 0.15) is 41.5 Å². The summed E-state index contributed by atoms with van der Waals surface area (Å²) in [4.78, 5) is 0. The molecule has 1 nitrogen and oxygen atoms in total. The van der Waals surface area contributed by atoms with E-state index in [-0.39, 0.29) is 5.48 Å². The Morgan fingerprint density at radius 1 is 0.750 bits per heavy atom. The van der Waals surface area contributed by atoms with Gasteiger partial charge in [-0.3, -0.25) is 0 Å². The largest absolute Gasteiger partial charge is 0.412 e. The summed E-state index contributed by atoms with van der Waals surface area (Å²) in [5.74, 6) is 0. The Bertz CT molecular complexity index is 292. The molecule has 0 fully saturated rings. The smallest absolute Gasteiger partial charge is 0.412 e. The normalized spacial score (nSPS) is 12.4. The van der Waals surface area contributed by atoms with Crippen molar-refractivity contribution < 1.29 is 5.48 Å². The SMILES string of the molecule is C[C](C)(C)[Sn]([c]1ccccc1)[C](C)(C)C.O. The zero-order valence-corrected chi connectivity index (χ0v) is 14.2. The molecule has 0 aromatic heterocycles. The molecule has 0 unspecified atom stereocenters. The van der Waals surface area contributed by atoms with Crippen molar-refractivity contribution in [2.45, 2.75) is 48.4 Å². The second kappa shape index (κ2) is 5.54. The van der Waals surface area contributed by atoms with E-state index < -0.39 is 19.8 Å². The van der Waals surface area contributed by atoms with Gasteiger partial charge in [-0.2, -0.15) is 0 Å². The predicted octanol–water partition coefficient (Wildman–Crippen LogP) is 3.16. The Morgan fingerprint density at radius 2 is 1.12 bits per heavy atom. The molecule has 1 aromatic carbocycles. The number of hydrogen-bond acceptors (Lipinski definition) is 0. The Hall–Kier alpha value is -0.0213. The maximum atomic E-state index is 2.42. The maximum absolute atomic E-state index is 2.42. The van der Waals surface area contributed by atoms with E-state index in [1.807, 2.05) is 0 Å². The number of benzene rings is 1. The Balaban J connectivity index is 0.00000225. The van der Waals surface area contributed by atoms with E-state index in [1.165, 1.54) is 0 Å². The maximum Gasteiger partial charge on any atom is -0.412 e. The van der Waals surface area contributed by atoms with Gasteiger partial charge in [0.05, 0.1) is 0 Å². The molecule has 2 N–H and O–H groups in total. The molecule has 0 aliphatic rings. The number of rotatable bonds is 1. The van der Waals surface area contributed by atoms with Crippen molar-refractivity contribution in [2.75, 3.05) is 0 Å². The van der Waals surface area contributed by atoms with Crippen molar-refractivity contribution in [3.05, 3.63) is 30.3 Å². The van der Waals surface area contributed by atoms with Gasteiger partial charge in [-0.25, -0.2) is 0 Å². The van der Waals surface area contributed by atoms with Gasteiger partial charge in [-0.15, -0.1) is 0 Å². The minimum Gasteiger partial charge on any atom is -0.412 e. The van der Waals surface area contributed by atoms with Gasteiger partial charge in [0.15, 0.2) is 0 Å². The van der Waals surface area contributed by atoms with Crippen LogP contribution >= 0.6 is 0 Å². The zero-order valence-electron chi connectivity index (χ0n) is 11.4. The van der Waals surface area contributed by atoms with Crippen molar-refractivity contribution in [1.29, 1.82) is 0 Å². The standard InChI is InChI=1S/C6H5.2C4H9.H2O.Sn/c1-2-4-6-5-3-1;2*1-4(2)3;;/h1-5H;2*1-3H3;1H2;. The molecule has 1 aromatic rings. The van der Waals surface area contributed by atoms with Gasteiger partial charge in [0.1, 0.15) is 0 Å². The first kappa shape index (κ1) is 16.0. The number of hydrogen-bond donors (Lipinski definition) is 0. The van der Waals surface area contributed by atoms with Crippen molar-refractivity contribution in [3.8, 4) is 0 Å². The summed E-state index contributed by atoms with van der Waals surface area (Å²) in [7, 11) is 0. The van der Waals surface area contributed by atoms with Crippen LogP contribution in [0.15, 0.2) is 30.3 Å². The van der Waals surface area contributed by atoms with Gasteiger partial charge in [0.2, 0.25) is 0 Å². The fourth-order valence-electron chi connectivity index (χ4n) is 2.60. The average molecular weight is 328 g/mol. The van der Waals surface area contributed by atoms with Gasteiger partial charge in [-0.1, -0.05) is 0 Å². The molecule has 0 amide bonds. The van der Waals surface area contributed by atoms with Crippen LogP contribution < -0.4 is 3.58 Å². The Labute approximate surface area is 107 Å². The van der Waals surface area contributed by atoms with Crippen LogP contribution in [0.25, 0.3) is 0 Å². The minimum absolute atomic E-state index is 0. The van der Waals surface area contributed by atoms with Crippen LogP contribution in [0.2, 0.25) is 6.86 Å². The molecule has 1 radical (unpaired) electrons. The van der Waals surface area contributed by atoms with Gasteiger partial charge >= 0.3 is 102 Å². The summed E-state index contributed by atoms with van der Waals surface area (Å²) in [6, 6.07) is 11.2. The average Bonchev–Trinajstić information content (AvgIpc) is 2.00. The van der Waals surface area contributed by atoms with E-state index in [2.05, 4.69) is 71.9 Å². The van der Waals surface area contributed by atoms with E-state index in [0.717, 1.165) is 0 Å². The predicted molar refractivity (Wildman–Crippen MR) is 74.9 cm³/mol. The van der Waals surface area contributed by atoms with Crippen molar-refractivity contribution in [2.24, 2.45) is 0 Å². The summed E-state index contributed by atoms with van der Waals surface area (Å²) >= 11 is -1.62. The van der Waals surface area contributed by atoms with Crippen molar-refractivity contribution in [1.82, 2.24) is 0 Å². The monoisotopic (exact) mass is 329 g/mol. The van der Waals surface area contributed by atoms with E-state index in [0.29, 0.717) is 6.86 Å². The fraction of sp³-hybridized carbons (Fsp3) is 0.571. The van der Waals surface area contributed by atoms with Crippen LogP contribution in [-0.4, -0.2) is 25.2 Å². The molecule has 0 bridgehead atoms. The molecule has 0 saturated heterocycles.